The molecular weight excluding hydrogens is 222 g/mol. The molecule has 0 aromatic heterocycles. The van der Waals surface area contributed by atoms with E-state index in [1.165, 1.54) is 21.0 Å². The lowest BCUT2D eigenvalue weighted by Gasteiger charge is -2.31. The monoisotopic (exact) mass is 232 g/mol. The molecule has 0 amide bonds. The summed E-state index contributed by atoms with van der Waals surface area (Å²) < 4.78 is 29.4. The Morgan fingerprint density at radius 1 is 1.45 bits per heavy atom. The number of methoxy groups -OCH3 is 1. The molecule has 0 aliphatic carbocycles. The molecule has 0 heterocycles. The van der Waals surface area contributed by atoms with Gasteiger partial charge in [-0.2, -0.15) is 8.78 Å². The second-order valence-electron chi connectivity index (χ2n) is 2.75. The van der Waals surface area contributed by atoms with Crippen molar-refractivity contribution in [3.8, 4) is 0 Å². The molecule has 0 aliphatic heterocycles. The van der Waals surface area contributed by atoms with Gasteiger partial charge in [-0.3, -0.25) is 0 Å². The fourth-order valence-corrected chi connectivity index (χ4v) is 1.06. The molecule has 68 valence electrons. The van der Waals surface area contributed by atoms with Crippen LogP contribution in [0.1, 0.15) is 13.8 Å². The van der Waals surface area contributed by atoms with E-state index >= 15 is 0 Å². The van der Waals surface area contributed by atoms with Gasteiger partial charge in [0, 0.05) is 7.11 Å². The Morgan fingerprint density at radius 2 is 1.82 bits per heavy atom. The third-order valence-electron chi connectivity index (χ3n) is 1.49. The summed E-state index contributed by atoms with van der Waals surface area (Å²) in [4.78, 5) is -3.31. The van der Waals surface area contributed by atoms with Gasteiger partial charge in [0.1, 0.15) is 0 Å². The Kier molecular flexibility index (Phi) is 3.41. The molecule has 0 aliphatic rings. The summed E-state index contributed by atoms with van der Waals surface area (Å²) in [6.45, 7) is 2.76. The Morgan fingerprint density at radius 3 is 1.91 bits per heavy atom. The van der Waals surface area contributed by atoms with E-state index in [-0.39, 0.29) is 0 Å². The van der Waals surface area contributed by atoms with Crippen LogP contribution in [-0.4, -0.2) is 28.8 Å². The van der Waals surface area contributed by atoms with Gasteiger partial charge in [0.15, 0.2) is 6.10 Å². The minimum absolute atomic E-state index is 1.26. The van der Waals surface area contributed by atoms with Gasteiger partial charge in [0.25, 0.3) is 0 Å². The van der Waals surface area contributed by atoms with Gasteiger partial charge in [0.2, 0.25) is 0 Å². The molecule has 2 nitrogen and oxygen atoms in total. The number of hydrogen-bond donors (Lipinski definition) is 1. The van der Waals surface area contributed by atoms with Crippen molar-refractivity contribution in [3.05, 3.63) is 0 Å². The zero-order valence-electron chi connectivity index (χ0n) is 6.57. The zero-order chi connectivity index (χ0) is 9.28. The predicted molar refractivity (Wildman–Crippen MR) is 41.0 cm³/mol. The van der Waals surface area contributed by atoms with E-state index in [1.54, 1.807) is 0 Å². The lowest BCUT2D eigenvalue weighted by Crippen LogP contribution is -2.47. The fourth-order valence-electron chi connectivity index (χ4n) is 0.506. The largest absolute Gasteiger partial charge is 0.383 e. The molecule has 1 N–H and O–H groups in total. The first-order chi connectivity index (χ1) is 4.72. The van der Waals surface area contributed by atoms with Crippen molar-refractivity contribution in [2.45, 2.75) is 30.4 Å². The highest BCUT2D eigenvalue weighted by molar-refractivity contribution is 9.10. The molecule has 0 rings (SSSR count). The smallest absolute Gasteiger partial charge is 0.329 e. The maximum atomic E-state index is 12.4. The summed E-state index contributed by atoms with van der Waals surface area (Å²) in [6.07, 6.45) is -1.86. The summed E-state index contributed by atoms with van der Waals surface area (Å²) in [7, 11) is 1.27. The number of aliphatic hydroxyl groups excluding tert-OH is 1. The summed E-state index contributed by atoms with van der Waals surface area (Å²) in [5.74, 6) is 0. The standard InChI is InChI=1S/C6H11BrF2O2/c1-5(2,11-3)4(10)6(7,8)9/h4,10H,1-3H3. The maximum Gasteiger partial charge on any atom is 0.329 e. The molecule has 0 bridgehead atoms. The van der Waals surface area contributed by atoms with E-state index in [9.17, 15) is 8.78 Å². The molecule has 0 spiro atoms. The van der Waals surface area contributed by atoms with Crippen molar-refractivity contribution < 1.29 is 18.6 Å². The van der Waals surface area contributed by atoms with Crippen LogP contribution in [-0.2, 0) is 4.74 Å². The average molecular weight is 233 g/mol. The predicted octanol–water partition coefficient (Wildman–Crippen LogP) is 1.76. The molecule has 0 aromatic carbocycles. The first-order valence-corrected chi connectivity index (χ1v) is 3.81. The van der Waals surface area contributed by atoms with E-state index in [0.29, 0.717) is 0 Å². The first-order valence-electron chi connectivity index (χ1n) is 3.01. The molecule has 0 saturated heterocycles. The quantitative estimate of drug-likeness (QED) is 0.752. The van der Waals surface area contributed by atoms with Crippen molar-refractivity contribution in [2.75, 3.05) is 7.11 Å². The number of hydrogen-bond acceptors (Lipinski definition) is 2. The van der Waals surface area contributed by atoms with Gasteiger partial charge in [0.05, 0.1) is 5.60 Å². The number of alkyl halides is 3. The number of ether oxygens (including phenoxy) is 1. The van der Waals surface area contributed by atoms with Crippen LogP contribution >= 0.6 is 15.9 Å². The van der Waals surface area contributed by atoms with Crippen LogP contribution in [0.4, 0.5) is 8.78 Å². The average Bonchev–Trinajstić information content (AvgIpc) is 1.84. The van der Waals surface area contributed by atoms with Crippen LogP contribution in [0, 0.1) is 0 Å². The van der Waals surface area contributed by atoms with Crippen molar-refractivity contribution >= 4 is 15.9 Å². The van der Waals surface area contributed by atoms with Crippen molar-refractivity contribution in [1.82, 2.24) is 0 Å². The SMILES string of the molecule is COC(C)(C)C(O)C(F)(F)Br. The Labute approximate surface area is 72.7 Å². The number of halogens is 3. The Bertz CT molecular complexity index is 133. The topological polar surface area (TPSA) is 29.5 Å². The lowest BCUT2D eigenvalue weighted by atomic mass is 10.0. The van der Waals surface area contributed by atoms with Gasteiger partial charge >= 0.3 is 4.83 Å². The van der Waals surface area contributed by atoms with Crippen molar-refractivity contribution in [3.63, 3.8) is 0 Å². The van der Waals surface area contributed by atoms with Crippen LogP contribution in [0.2, 0.25) is 0 Å². The van der Waals surface area contributed by atoms with Crippen LogP contribution in [0.5, 0.6) is 0 Å². The minimum atomic E-state index is -3.31. The van der Waals surface area contributed by atoms with Crippen LogP contribution < -0.4 is 0 Å². The van der Waals surface area contributed by atoms with Gasteiger partial charge in [-0.05, 0) is 29.8 Å². The highest BCUT2D eigenvalue weighted by Gasteiger charge is 2.45. The second-order valence-corrected chi connectivity index (χ2v) is 3.81. The van der Waals surface area contributed by atoms with Gasteiger partial charge in [-0.15, -0.1) is 0 Å². The molecule has 1 unspecified atom stereocenters. The van der Waals surface area contributed by atoms with Gasteiger partial charge < -0.3 is 9.84 Å². The third kappa shape index (κ3) is 3.01. The fraction of sp³-hybridized carbons (Fsp3) is 1.00. The molecule has 0 radical (unpaired) electrons. The highest BCUT2D eigenvalue weighted by atomic mass is 79.9. The number of aliphatic hydroxyl groups is 1. The normalized spacial score (nSPS) is 16.6. The van der Waals surface area contributed by atoms with E-state index in [0.717, 1.165) is 0 Å². The third-order valence-corrected chi connectivity index (χ3v) is 1.93. The summed E-state index contributed by atoms with van der Waals surface area (Å²) in [6, 6.07) is 0. The van der Waals surface area contributed by atoms with Crippen LogP contribution in [0.15, 0.2) is 0 Å². The van der Waals surface area contributed by atoms with E-state index in [2.05, 4.69) is 20.7 Å². The van der Waals surface area contributed by atoms with Crippen LogP contribution in [0.25, 0.3) is 0 Å². The molecule has 1 atom stereocenters. The molecule has 0 fully saturated rings. The summed E-state index contributed by atoms with van der Waals surface area (Å²) in [5.41, 5.74) is -1.26. The lowest BCUT2D eigenvalue weighted by molar-refractivity contribution is -0.147. The molecular formula is C6H11BrF2O2. The minimum Gasteiger partial charge on any atom is -0.383 e. The second kappa shape index (κ2) is 3.33. The Balaban J connectivity index is 4.35. The maximum absolute atomic E-state index is 12.4. The zero-order valence-corrected chi connectivity index (χ0v) is 8.15. The first kappa shape index (κ1) is 11.3. The summed E-state index contributed by atoms with van der Waals surface area (Å²) in [5, 5.41) is 8.99. The molecule has 11 heavy (non-hydrogen) atoms. The highest BCUT2D eigenvalue weighted by Crippen LogP contribution is 2.33. The van der Waals surface area contributed by atoms with Gasteiger partial charge in [-0.25, -0.2) is 0 Å². The molecule has 0 saturated carbocycles. The van der Waals surface area contributed by atoms with E-state index < -0.39 is 16.5 Å². The number of rotatable bonds is 3. The molecule has 5 heteroatoms. The van der Waals surface area contributed by atoms with E-state index in [1.807, 2.05) is 0 Å². The Hall–Kier alpha value is 0.260. The van der Waals surface area contributed by atoms with Crippen molar-refractivity contribution in [2.24, 2.45) is 0 Å². The molecule has 0 aromatic rings. The summed E-state index contributed by atoms with van der Waals surface area (Å²) >= 11 is 2.06. The van der Waals surface area contributed by atoms with Crippen LogP contribution in [0.3, 0.4) is 0 Å². The van der Waals surface area contributed by atoms with Crippen molar-refractivity contribution in [1.29, 1.82) is 0 Å². The van der Waals surface area contributed by atoms with E-state index in [4.69, 9.17) is 5.11 Å². The van der Waals surface area contributed by atoms with Gasteiger partial charge in [-0.1, -0.05) is 0 Å².